The topological polar surface area (TPSA) is 36.1 Å². The predicted molar refractivity (Wildman–Crippen MR) is 58.6 cm³/mol. The molecule has 82 valence electrons. The minimum atomic E-state index is -0.391. The van der Waals surface area contributed by atoms with E-state index in [2.05, 4.69) is 4.98 Å². The lowest BCUT2D eigenvalue weighted by Gasteiger charge is -2.32. The van der Waals surface area contributed by atoms with E-state index in [0.717, 1.165) is 18.1 Å². The van der Waals surface area contributed by atoms with Crippen LogP contribution in [-0.2, 0) is 0 Å². The molecular formula is C10H13FN2OS. The van der Waals surface area contributed by atoms with Crippen molar-refractivity contribution in [3.8, 4) is 0 Å². The molecule has 0 saturated carbocycles. The van der Waals surface area contributed by atoms with Gasteiger partial charge in [0.25, 0.3) is 5.91 Å². The minimum Gasteiger partial charge on any atom is -0.355 e. The molecule has 2 rings (SSSR count). The third-order valence-corrected chi connectivity index (χ3v) is 3.70. The molecule has 1 aliphatic heterocycles. The molecule has 0 aromatic carbocycles. The van der Waals surface area contributed by atoms with Crippen LogP contribution in [0.3, 0.4) is 0 Å². The normalized spacial score (nSPS) is 21.7. The van der Waals surface area contributed by atoms with Crippen molar-refractivity contribution < 1.29 is 9.18 Å². The molecule has 1 unspecified atom stereocenters. The van der Waals surface area contributed by atoms with Gasteiger partial charge in [-0.1, -0.05) is 0 Å². The maximum atomic E-state index is 12.7. The highest BCUT2D eigenvalue weighted by molar-refractivity contribution is 7.99. The van der Waals surface area contributed by atoms with E-state index in [4.69, 9.17) is 0 Å². The van der Waals surface area contributed by atoms with Crippen molar-refractivity contribution in [2.45, 2.75) is 13.0 Å². The number of aromatic nitrogens is 1. The average molecular weight is 228 g/mol. The Labute approximate surface area is 92.0 Å². The van der Waals surface area contributed by atoms with Gasteiger partial charge in [-0.3, -0.25) is 4.79 Å². The van der Waals surface area contributed by atoms with Gasteiger partial charge in [-0.15, -0.1) is 0 Å². The number of rotatable bonds is 1. The van der Waals surface area contributed by atoms with E-state index in [1.165, 1.54) is 12.3 Å². The number of H-pyrrole nitrogens is 1. The quantitative estimate of drug-likeness (QED) is 0.794. The van der Waals surface area contributed by atoms with Crippen molar-refractivity contribution >= 4 is 17.7 Å². The molecule has 1 amide bonds. The molecule has 0 radical (unpaired) electrons. The SMILES string of the molecule is CC1CSCCN1C(=O)c1cc(F)c[nH]1. The van der Waals surface area contributed by atoms with Gasteiger partial charge in [-0.25, -0.2) is 4.39 Å². The summed E-state index contributed by atoms with van der Waals surface area (Å²) in [5, 5.41) is 0. The zero-order valence-corrected chi connectivity index (χ0v) is 9.31. The van der Waals surface area contributed by atoms with E-state index in [-0.39, 0.29) is 11.9 Å². The smallest absolute Gasteiger partial charge is 0.270 e. The van der Waals surface area contributed by atoms with E-state index in [1.807, 2.05) is 18.7 Å². The zero-order valence-electron chi connectivity index (χ0n) is 8.50. The Morgan fingerprint density at radius 3 is 3.13 bits per heavy atom. The number of halogens is 1. The Balaban J connectivity index is 2.13. The second-order valence-electron chi connectivity index (χ2n) is 3.65. The molecule has 1 N–H and O–H groups in total. The van der Waals surface area contributed by atoms with Gasteiger partial charge in [0.1, 0.15) is 11.5 Å². The maximum Gasteiger partial charge on any atom is 0.270 e. The molecule has 0 spiro atoms. The first-order chi connectivity index (χ1) is 7.18. The number of amides is 1. The second kappa shape index (κ2) is 4.26. The van der Waals surface area contributed by atoms with Crippen LogP contribution in [0.1, 0.15) is 17.4 Å². The number of nitrogens with one attached hydrogen (secondary N) is 1. The number of thioether (sulfide) groups is 1. The number of carbonyl (C=O) groups is 1. The van der Waals surface area contributed by atoms with Gasteiger partial charge < -0.3 is 9.88 Å². The van der Waals surface area contributed by atoms with Gasteiger partial charge in [-0.2, -0.15) is 11.8 Å². The Bertz CT molecular complexity index is 366. The van der Waals surface area contributed by atoms with E-state index in [1.54, 1.807) is 4.90 Å². The summed E-state index contributed by atoms with van der Waals surface area (Å²) in [6.07, 6.45) is 1.20. The number of hydrogen-bond donors (Lipinski definition) is 1. The van der Waals surface area contributed by atoms with Crippen molar-refractivity contribution in [1.82, 2.24) is 9.88 Å². The van der Waals surface area contributed by atoms with Crippen LogP contribution in [0.2, 0.25) is 0 Å². The molecule has 3 nitrogen and oxygen atoms in total. The molecule has 0 aliphatic carbocycles. The second-order valence-corrected chi connectivity index (χ2v) is 4.80. The van der Waals surface area contributed by atoms with Crippen LogP contribution < -0.4 is 0 Å². The van der Waals surface area contributed by atoms with Crippen LogP contribution in [0, 0.1) is 5.82 Å². The van der Waals surface area contributed by atoms with Crippen molar-refractivity contribution in [2.75, 3.05) is 18.1 Å². The van der Waals surface area contributed by atoms with Crippen molar-refractivity contribution in [1.29, 1.82) is 0 Å². The molecule has 1 aromatic heterocycles. The van der Waals surface area contributed by atoms with Crippen molar-refractivity contribution in [3.63, 3.8) is 0 Å². The summed E-state index contributed by atoms with van der Waals surface area (Å²) in [6.45, 7) is 2.76. The van der Waals surface area contributed by atoms with Gasteiger partial charge in [0, 0.05) is 36.4 Å². The first kappa shape index (κ1) is 10.5. The van der Waals surface area contributed by atoms with E-state index in [9.17, 15) is 9.18 Å². The lowest BCUT2D eigenvalue weighted by molar-refractivity contribution is 0.0710. The molecule has 15 heavy (non-hydrogen) atoms. The maximum absolute atomic E-state index is 12.7. The molecular weight excluding hydrogens is 215 g/mol. The Hall–Kier alpha value is -0.970. The molecule has 2 heterocycles. The minimum absolute atomic E-state index is 0.105. The first-order valence-electron chi connectivity index (χ1n) is 4.91. The Morgan fingerprint density at radius 2 is 2.53 bits per heavy atom. The van der Waals surface area contributed by atoms with Crippen LogP contribution >= 0.6 is 11.8 Å². The lowest BCUT2D eigenvalue weighted by atomic mass is 10.2. The summed E-state index contributed by atoms with van der Waals surface area (Å²) >= 11 is 1.85. The number of nitrogens with zero attached hydrogens (tertiary/aromatic N) is 1. The van der Waals surface area contributed by atoms with Crippen LogP contribution in [-0.4, -0.2) is 39.9 Å². The third-order valence-electron chi connectivity index (χ3n) is 2.51. The molecule has 5 heteroatoms. The summed E-state index contributed by atoms with van der Waals surface area (Å²) in [5.74, 6) is 1.41. The highest BCUT2D eigenvalue weighted by atomic mass is 32.2. The highest BCUT2D eigenvalue weighted by Gasteiger charge is 2.25. The fourth-order valence-corrected chi connectivity index (χ4v) is 2.69. The fourth-order valence-electron chi connectivity index (χ4n) is 1.67. The van der Waals surface area contributed by atoms with E-state index >= 15 is 0 Å². The summed E-state index contributed by atoms with van der Waals surface area (Å²) in [4.78, 5) is 16.4. The van der Waals surface area contributed by atoms with Gasteiger partial charge in [0.2, 0.25) is 0 Å². The standard InChI is InChI=1S/C10H13FN2OS/c1-7-6-15-3-2-13(7)10(14)9-4-8(11)5-12-9/h4-5,7,12H,2-3,6H2,1H3. The van der Waals surface area contributed by atoms with Gasteiger partial charge in [0.05, 0.1) is 0 Å². The summed E-state index contributed by atoms with van der Waals surface area (Å²) in [5.41, 5.74) is 0.339. The summed E-state index contributed by atoms with van der Waals surface area (Å²) < 4.78 is 12.7. The van der Waals surface area contributed by atoms with Crippen LogP contribution in [0.5, 0.6) is 0 Å². The van der Waals surface area contributed by atoms with Crippen LogP contribution in [0.15, 0.2) is 12.3 Å². The Morgan fingerprint density at radius 1 is 1.73 bits per heavy atom. The van der Waals surface area contributed by atoms with Crippen molar-refractivity contribution in [2.24, 2.45) is 0 Å². The van der Waals surface area contributed by atoms with Gasteiger partial charge in [-0.05, 0) is 6.92 Å². The molecule has 1 aromatic rings. The highest BCUT2D eigenvalue weighted by Crippen LogP contribution is 2.18. The summed E-state index contributed by atoms with van der Waals surface area (Å²) in [7, 11) is 0. The number of aromatic amines is 1. The molecule has 1 atom stereocenters. The van der Waals surface area contributed by atoms with E-state index < -0.39 is 5.82 Å². The van der Waals surface area contributed by atoms with Gasteiger partial charge >= 0.3 is 0 Å². The average Bonchev–Trinajstić information content (AvgIpc) is 2.65. The molecule has 1 fully saturated rings. The monoisotopic (exact) mass is 228 g/mol. The fraction of sp³-hybridized carbons (Fsp3) is 0.500. The number of carbonyl (C=O) groups excluding carboxylic acids is 1. The van der Waals surface area contributed by atoms with Crippen molar-refractivity contribution in [3.05, 3.63) is 23.8 Å². The summed E-state index contributed by atoms with van der Waals surface area (Å²) in [6, 6.07) is 1.47. The molecule has 0 bridgehead atoms. The largest absolute Gasteiger partial charge is 0.355 e. The number of hydrogen-bond acceptors (Lipinski definition) is 2. The van der Waals surface area contributed by atoms with E-state index in [0.29, 0.717) is 5.69 Å². The molecule has 1 saturated heterocycles. The van der Waals surface area contributed by atoms with Crippen LogP contribution in [0.25, 0.3) is 0 Å². The third kappa shape index (κ3) is 2.17. The molecule has 1 aliphatic rings. The van der Waals surface area contributed by atoms with Gasteiger partial charge in [0.15, 0.2) is 0 Å². The van der Waals surface area contributed by atoms with Crippen LogP contribution in [0.4, 0.5) is 4.39 Å². The lowest BCUT2D eigenvalue weighted by Crippen LogP contribution is -2.44. The Kier molecular flexibility index (Phi) is 3.00. The predicted octanol–water partition coefficient (Wildman–Crippen LogP) is 1.73. The zero-order chi connectivity index (χ0) is 10.8. The first-order valence-corrected chi connectivity index (χ1v) is 6.06.